The van der Waals surface area contributed by atoms with Crippen molar-refractivity contribution in [2.45, 2.75) is 101 Å². The van der Waals surface area contributed by atoms with Crippen LogP contribution in [0.3, 0.4) is 0 Å². The van der Waals surface area contributed by atoms with Crippen molar-refractivity contribution in [3.05, 3.63) is 0 Å². The van der Waals surface area contributed by atoms with E-state index < -0.39 is 36.0 Å². The lowest BCUT2D eigenvalue weighted by atomic mass is 9.71. The standard InChI is InChI=1S/C23H39F2N5O2/c1-2-5-22(24,25)16-18(19(31)28-23(26)6-7-23)27-20(32)30-14-10-21(11-15-30)8-12-29(13-9-21)17-3-4-17/h17-18H,2-16,26H2,1H3,(H,27,32)(H,28,31)/t18-/m0/s1. The van der Waals surface area contributed by atoms with Crippen LogP contribution >= 0.6 is 0 Å². The van der Waals surface area contributed by atoms with E-state index in [0.29, 0.717) is 37.8 Å². The van der Waals surface area contributed by atoms with Gasteiger partial charge in [0.1, 0.15) is 6.04 Å². The van der Waals surface area contributed by atoms with E-state index in [1.807, 2.05) is 0 Å². The Morgan fingerprint density at radius 3 is 2.19 bits per heavy atom. The lowest BCUT2D eigenvalue weighted by Gasteiger charge is -2.47. The summed E-state index contributed by atoms with van der Waals surface area (Å²) in [4.78, 5) is 29.9. The minimum absolute atomic E-state index is 0.297. The largest absolute Gasteiger partial charge is 0.336 e. The number of nitrogens with one attached hydrogen (secondary N) is 2. The van der Waals surface area contributed by atoms with Crippen LogP contribution in [0.1, 0.15) is 77.6 Å². The predicted octanol–water partition coefficient (Wildman–Crippen LogP) is 2.80. The highest BCUT2D eigenvalue weighted by atomic mass is 19.3. The van der Waals surface area contributed by atoms with E-state index in [0.717, 1.165) is 32.0 Å². The minimum atomic E-state index is -3.02. The number of carbonyl (C=O) groups excluding carboxylic acids is 2. The maximum atomic E-state index is 14.3. The third-order valence-electron chi connectivity index (χ3n) is 7.93. The quantitative estimate of drug-likeness (QED) is 0.491. The van der Waals surface area contributed by atoms with Crippen molar-refractivity contribution in [2.75, 3.05) is 26.2 Å². The van der Waals surface area contributed by atoms with Crippen LogP contribution in [-0.2, 0) is 4.79 Å². The number of piperidine rings is 2. The van der Waals surface area contributed by atoms with Gasteiger partial charge >= 0.3 is 6.03 Å². The fourth-order valence-corrected chi connectivity index (χ4v) is 5.30. The average Bonchev–Trinajstić information content (AvgIpc) is 3.66. The molecule has 182 valence electrons. The van der Waals surface area contributed by atoms with Gasteiger partial charge in [0.05, 0.1) is 5.66 Å². The first-order chi connectivity index (χ1) is 15.1. The van der Waals surface area contributed by atoms with E-state index in [9.17, 15) is 18.4 Å². The molecule has 4 N–H and O–H groups in total. The van der Waals surface area contributed by atoms with Gasteiger partial charge in [-0.25, -0.2) is 13.6 Å². The number of hydrogen-bond donors (Lipinski definition) is 3. The maximum absolute atomic E-state index is 14.3. The van der Waals surface area contributed by atoms with Crippen LogP contribution in [0.2, 0.25) is 0 Å². The topological polar surface area (TPSA) is 90.7 Å². The predicted molar refractivity (Wildman–Crippen MR) is 118 cm³/mol. The molecule has 2 heterocycles. The molecule has 1 atom stereocenters. The molecule has 4 fully saturated rings. The highest BCUT2D eigenvalue weighted by molar-refractivity contribution is 5.87. The first-order valence-corrected chi connectivity index (χ1v) is 12.4. The molecule has 2 aliphatic heterocycles. The fourth-order valence-electron chi connectivity index (χ4n) is 5.30. The molecule has 2 saturated heterocycles. The highest BCUT2D eigenvalue weighted by Crippen LogP contribution is 2.43. The van der Waals surface area contributed by atoms with E-state index in [-0.39, 0.29) is 6.42 Å². The lowest BCUT2D eigenvalue weighted by Crippen LogP contribution is -2.58. The van der Waals surface area contributed by atoms with Crippen molar-refractivity contribution in [1.29, 1.82) is 0 Å². The van der Waals surface area contributed by atoms with E-state index in [1.165, 1.54) is 25.7 Å². The van der Waals surface area contributed by atoms with Gasteiger partial charge in [-0.2, -0.15) is 0 Å². The number of nitrogens with zero attached hydrogens (tertiary/aromatic N) is 2. The van der Waals surface area contributed by atoms with Crippen molar-refractivity contribution >= 4 is 11.9 Å². The van der Waals surface area contributed by atoms with E-state index >= 15 is 0 Å². The SMILES string of the molecule is CCCC(F)(F)C[C@H](NC(=O)N1CCC2(CC1)CCN(C1CC1)CC2)C(=O)NC1(N)CC1. The van der Waals surface area contributed by atoms with Gasteiger partial charge in [0.15, 0.2) is 0 Å². The van der Waals surface area contributed by atoms with Crippen LogP contribution in [0, 0.1) is 5.41 Å². The van der Waals surface area contributed by atoms with E-state index in [1.54, 1.807) is 11.8 Å². The molecular formula is C23H39F2N5O2. The number of likely N-dealkylation sites (tertiary alicyclic amines) is 2. The lowest BCUT2D eigenvalue weighted by molar-refractivity contribution is -0.127. The smallest absolute Gasteiger partial charge is 0.318 e. The van der Waals surface area contributed by atoms with Crippen LogP contribution < -0.4 is 16.4 Å². The number of urea groups is 1. The maximum Gasteiger partial charge on any atom is 0.318 e. The second-order valence-corrected chi connectivity index (χ2v) is 10.7. The van der Waals surface area contributed by atoms with Gasteiger partial charge in [-0.3, -0.25) is 4.79 Å². The van der Waals surface area contributed by atoms with Gasteiger partial charge in [-0.1, -0.05) is 13.3 Å². The summed E-state index contributed by atoms with van der Waals surface area (Å²) in [5.41, 5.74) is 5.43. The van der Waals surface area contributed by atoms with Crippen molar-refractivity contribution < 1.29 is 18.4 Å². The van der Waals surface area contributed by atoms with E-state index in [2.05, 4.69) is 15.5 Å². The molecule has 0 bridgehead atoms. The summed E-state index contributed by atoms with van der Waals surface area (Å²) in [6.07, 6.45) is 7.42. The normalized spacial score (nSPS) is 25.9. The monoisotopic (exact) mass is 455 g/mol. The van der Waals surface area contributed by atoms with Gasteiger partial charge in [0, 0.05) is 32.0 Å². The number of alkyl halides is 2. The number of carbonyl (C=O) groups is 2. The zero-order valence-electron chi connectivity index (χ0n) is 19.3. The van der Waals surface area contributed by atoms with Crippen molar-refractivity contribution in [3.63, 3.8) is 0 Å². The van der Waals surface area contributed by atoms with Gasteiger partial charge in [0.2, 0.25) is 5.91 Å². The molecule has 1 spiro atoms. The molecule has 2 aliphatic carbocycles. The Bertz CT molecular complexity index is 693. The van der Waals surface area contributed by atoms with Gasteiger partial charge < -0.3 is 26.2 Å². The van der Waals surface area contributed by atoms with Crippen molar-refractivity contribution in [1.82, 2.24) is 20.4 Å². The molecule has 4 aliphatic rings. The number of amides is 3. The highest BCUT2D eigenvalue weighted by Gasteiger charge is 2.45. The average molecular weight is 456 g/mol. The number of halogens is 2. The first-order valence-electron chi connectivity index (χ1n) is 12.4. The molecule has 7 nitrogen and oxygen atoms in total. The Kier molecular flexibility index (Phi) is 6.69. The summed E-state index contributed by atoms with van der Waals surface area (Å²) in [7, 11) is 0. The molecule has 0 aromatic heterocycles. The molecule has 0 unspecified atom stereocenters. The third kappa shape index (κ3) is 5.90. The van der Waals surface area contributed by atoms with Crippen molar-refractivity contribution in [3.8, 4) is 0 Å². The second kappa shape index (κ2) is 9.05. The van der Waals surface area contributed by atoms with Crippen molar-refractivity contribution in [2.24, 2.45) is 11.1 Å². The minimum Gasteiger partial charge on any atom is -0.336 e. The van der Waals surface area contributed by atoms with E-state index in [4.69, 9.17) is 5.73 Å². The Morgan fingerprint density at radius 1 is 1.06 bits per heavy atom. The summed E-state index contributed by atoms with van der Waals surface area (Å²) in [6, 6.07) is -0.914. The number of hydrogen-bond acceptors (Lipinski definition) is 4. The molecule has 4 rings (SSSR count). The van der Waals surface area contributed by atoms with Crippen LogP contribution in [0.15, 0.2) is 0 Å². The van der Waals surface area contributed by atoms with Crippen LogP contribution in [0.4, 0.5) is 13.6 Å². The molecule has 2 saturated carbocycles. The summed E-state index contributed by atoms with van der Waals surface area (Å²) < 4.78 is 28.7. The molecule has 0 radical (unpaired) electrons. The zero-order chi connectivity index (χ0) is 23.0. The summed E-state index contributed by atoms with van der Waals surface area (Å²) in [6.45, 7) is 5.18. The first kappa shape index (κ1) is 23.7. The molecule has 3 amide bonds. The molecule has 9 heteroatoms. The Morgan fingerprint density at radius 2 is 1.66 bits per heavy atom. The number of rotatable bonds is 8. The third-order valence-corrected chi connectivity index (χ3v) is 7.93. The van der Waals surface area contributed by atoms with Crippen LogP contribution in [0.5, 0.6) is 0 Å². The molecule has 0 aromatic carbocycles. The van der Waals surface area contributed by atoms with Crippen LogP contribution in [0.25, 0.3) is 0 Å². The fraction of sp³-hybridized carbons (Fsp3) is 0.913. The number of nitrogens with two attached hydrogens (primary N) is 1. The van der Waals surface area contributed by atoms with Crippen LogP contribution in [-0.4, -0.2) is 71.6 Å². The van der Waals surface area contributed by atoms with Gasteiger partial charge in [-0.15, -0.1) is 0 Å². The Hall–Kier alpha value is -1.48. The molecular weight excluding hydrogens is 416 g/mol. The zero-order valence-corrected chi connectivity index (χ0v) is 19.3. The Labute approximate surface area is 189 Å². The summed E-state index contributed by atoms with van der Waals surface area (Å²) in [5.74, 6) is -3.63. The van der Waals surface area contributed by atoms with Gasteiger partial charge in [0.25, 0.3) is 5.92 Å². The molecule has 32 heavy (non-hydrogen) atoms. The second-order valence-electron chi connectivity index (χ2n) is 10.7. The summed E-state index contributed by atoms with van der Waals surface area (Å²) >= 11 is 0. The summed E-state index contributed by atoms with van der Waals surface area (Å²) in [5, 5.41) is 5.24. The Balaban J connectivity index is 1.30. The van der Waals surface area contributed by atoms with Gasteiger partial charge in [-0.05, 0) is 69.9 Å². The molecule has 0 aromatic rings.